The second-order valence-electron chi connectivity index (χ2n) is 2.73. The van der Waals surface area contributed by atoms with Gasteiger partial charge in [0, 0.05) is 12.4 Å². The molecule has 1 aromatic rings. The number of carbonyl (C=O) groups excluding carboxylic acids is 1. The van der Waals surface area contributed by atoms with Crippen molar-refractivity contribution in [3.05, 3.63) is 22.7 Å². The van der Waals surface area contributed by atoms with E-state index in [9.17, 15) is 4.79 Å². The zero-order valence-corrected chi connectivity index (χ0v) is 9.61. The molecule has 0 N–H and O–H groups in total. The minimum atomic E-state index is -0.414. The molecule has 0 saturated heterocycles. The van der Waals surface area contributed by atoms with Crippen LogP contribution in [-0.4, -0.2) is 22.5 Å². The van der Waals surface area contributed by atoms with E-state index in [0.29, 0.717) is 12.4 Å². The van der Waals surface area contributed by atoms with Gasteiger partial charge in [0.25, 0.3) is 0 Å². The first-order chi connectivity index (χ1) is 6.65. The molecule has 0 aliphatic heterocycles. The molecular formula is C9H11BrN2O2. The second-order valence-corrected chi connectivity index (χ2v) is 3.65. The minimum absolute atomic E-state index is 0.296. The SMILES string of the molecule is CCOC(=O)C(C)c1ncc(Br)cn1. The summed E-state index contributed by atoms with van der Waals surface area (Å²) in [7, 11) is 0. The lowest BCUT2D eigenvalue weighted by Gasteiger charge is -2.08. The van der Waals surface area contributed by atoms with E-state index in [1.54, 1.807) is 26.2 Å². The van der Waals surface area contributed by atoms with Crippen LogP contribution in [-0.2, 0) is 9.53 Å². The van der Waals surface area contributed by atoms with Crippen molar-refractivity contribution < 1.29 is 9.53 Å². The monoisotopic (exact) mass is 258 g/mol. The first-order valence-corrected chi connectivity index (χ1v) is 5.08. The molecule has 1 aromatic heterocycles. The standard InChI is InChI=1S/C9H11BrN2O2/c1-3-14-9(13)6(2)8-11-4-7(10)5-12-8/h4-6H,3H2,1-2H3. The highest BCUT2D eigenvalue weighted by Crippen LogP contribution is 2.13. The number of hydrogen-bond donors (Lipinski definition) is 0. The molecule has 5 heteroatoms. The van der Waals surface area contributed by atoms with Gasteiger partial charge >= 0.3 is 5.97 Å². The van der Waals surface area contributed by atoms with Gasteiger partial charge in [-0.05, 0) is 29.8 Å². The Balaban J connectivity index is 2.73. The lowest BCUT2D eigenvalue weighted by molar-refractivity contribution is -0.144. The molecule has 0 saturated carbocycles. The fourth-order valence-corrected chi connectivity index (χ4v) is 1.12. The van der Waals surface area contributed by atoms with Gasteiger partial charge in [-0.25, -0.2) is 9.97 Å². The van der Waals surface area contributed by atoms with Gasteiger partial charge in [-0.15, -0.1) is 0 Å². The summed E-state index contributed by atoms with van der Waals surface area (Å²) in [6.45, 7) is 3.87. The van der Waals surface area contributed by atoms with Crippen molar-refractivity contribution in [3.63, 3.8) is 0 Å². The van der Waals surface area contributed by atoms with Crippen molar-refractivity contribution in [1.29, 1.82) is 0 Å². The Labute approximate surface area is 90.8 Å². The Morgan fingerprint density at radius 2 is 2.14 bits per heavy atom. The molecular weight excluding hydrogens is 248 g/mol. The molecule has 0 radical (unpaired) electrons. The van der Waals surface area contributed by atoms with Gasteiger partial charge in [-0.2, -0.15) is 0 Å². The Kier molecular flexibility index (Phi) is 4.00. The number of halogens is 1. The van der Waals surface area contributed by atoms with Crippen LogP contribution in [0.3, 0.4) is 0 Å². The van der Waals surface area contributed by atoms with Crippen molar-refractivity contribution in [1.82, 2.24) is 9.97 Å². The summed E-state index contributed by atoms with van der Waals surface area (Å²) < 4.78 is 5.65. The summed E-state index contributed by atoms with van der Waals surface area (Å²) in [6, 6.07) is 0. The molecule has 0 aliphatic rings. The Morgan fingerprint density at radius 3 is 2.64 bits per heavy atom. The maximum atomic E-state index is 11.3. The molecule has 1 unspecified atom stereocenters. The summed E-state index contributed by atoms with van der Waals surface area (Å²) in [6.07, 6.45) is 3.22. The third kappa shape index (κ3) is 2.77. The zero-order chi connectivity index (χ0) is 10.6. The number of rotatable bonds is 3. The molecule has 0 amide bonds. The molecule has 0 fully saturated rings. The van der Waals surface area contributed by atoms with E-state index in [2.05, 4.69) is 25.9 Å². The quantitative estimate of drug-likeness (QED) is 0.778. The summed E-state index contributed by atoms with van der Waals surface area (Å²) in [5, 5.41) is 0. The molecule has 0 bridgehead atoms. The normalized spacial score (nSPS) is 12.2. The summed E-state index contributed by atoms with van der Waals surface area (Å²) in [4.78, 5) is 19.4. The topological polar surface area (TPSA) is 52.1 Å². The fraction of sp³-hybridized carbons (Fsp3) is 0.444. The predicted molar refractivity (Wildman–Crippen MR) is 54.8 cm³/mol. The predicted octanol–water partition coefficient (Wildman–Crippen LogP) is 1.91. The van der Waals surface area contributed by atoms with E-state index < -0.39 is 5.92 Å². The average Bonchev–Trinajstić information content (AvgIpc) is 2.18. The van der Waals surface area contributed by atoms with Crippen LogP contribution in [0.4, 0.5) is 0 Å². The van der Waals surface area contributed by atoms with Gasteiger partial charge in [0.15, 0.2) is 0 Å². The molecule has 14 heavy (non-hydrogen) atoms. The van der Waals surface area contributed by atoms with Crippen LogP contribution in [0, 0.1) is 0 Å². The van der Waals surface area contributed by atoms with E-state index in [1.165, 1.54) is 0 Å². The first kappa shape index (κ1) is 11.1. The third-order valence-corrected chi connectivity index (χ3v) is 2.08. The van der Waals surface area contributed by atoms with E-state index in [4.69, 9.17) is 4.74 Å². The van der Waals surface area contributed by atoms with Gasteiger partial charge in [0.1, 0.15) is 11.7 Å². The Morgan fingerprint density at radius 1 is 1.57 bits per heavy atom. The molecule has 76 valence electrons. The maximum Gasteiger partial charge on any atom is 0.316 e. The Hall–Kier alpha value is -0.970. The van der Waals surface area contributed by atoms with E-state index in [-0.39, 0.29) is 5.97 Å². The average molecular weight is 259 g/mol. The summed E-state index contributed by atoms with van der Waals surface area (Å²) >= 11 is 3.22. The maximum absolute atomic E-state index is 11.3. The molecule has 1 rings (SSSR count). The fourth-order valence-electron chi connectivity index (χ4n) is 0.919. The van der Waals surface area contributed by atoms with E-state index >= 15 is 0 Å². The van der Waals surface area contributed by atoms with Gasteiger partial charge in [-0.1, -0.05) is 0 Å². The number of nitrogens with zero attached hydrogens (tertiary/aromatic N) is 2. The van der Waals surface area contributed by atoms with Crippen LogP contribution < -0.4 is 0 Å². The zero-order valence-electron chi connectivity index (χ0n) is 8.03. The largest absolute Gasteiger partial charge is 0.465 e. The smallest absolute Gasteiger partial charge is 0.316 e. The Bertz CT molecular complexity index is 313. The highest BCUT2D eigenvalue weighted by atomic mass is 79.9. The lowest BCUT2D eigenvalue weighted by atomic mass is 10.2. The van der Waals surface area contributed by atoms with Gasteiger partial charge in [0.2, 0.25) is 0 Å². The highest BCUT2D eigenvalue weighted by Gasteiger charge is 2.18. The van der Waals surface area contributed by atoms with E-state index in [1.807, 2.05) is 0 Å². The minimum Gasteiger partial charge on any atom is -0.465 e. The van der Waals surface area contributed by atoms with Gasteiger partial charge in [0.05, 0.1) is 11.1 Å². The summed E-state index contributed by atoms with van der Waals surface area (Å²) in [5.74, 6) is -0.232. The number of aromatic nitrogens is 2. The van der Waals surface area contributed by atoms with Crippen molar-refractivity contribution in [3.8, 4) is 0 Å². The summed E-state index contributed by atoms with van der Waals surface area (Å²) in [5.41, 5.74) is 0. The van der Waals surface area contributed by atoms with Crippen LogP contribution in [0.5, 0.6) is 0 Å². The lowest BCUT2D eigenvalue weighted by Crippen LogP contribution is -2.15. The first-order valence-electron chi connectivity index (χ1n) is 4.29. The van der Waals surface area contributed by atoms with E-state index in [0.717, 1.165) is 4.47 Å². The highest BCUT2D eigenvalue weighted by molar-refractivity contribution is 9.10. The van der Waals surface area contributed by atoms with Gasteiger partial charge < -0.3 is 4.74 Å². The molecule has 0 spiro atoms. The molecule has 1 atom stereocenters. The number of ether oxygens (including phenoxy) is 1. The number of carbonyl (C=O) groups is 1. The van der Waals surface area contributed by atoms with Crippen molar-refractivity contribution >= 4 is 21.9 Å². The molecule has 0 aliphatic carbocycles. The van der Waals surface area contributed by atoms with Crippen LogP contribution in [0.25, 0.3) is 0 Å². The van der Waals surface area contributed by atoms with Crippen LogP contribution in [0.15, 0.2) is 16.9 Å². The number of hydrogen-bond acceptors (Lipinski definition) is 4. The van der Waals surface area contributed by atoms with Gasteiger partial charge in [-0.3, -0.25) is 4.79 Å². The van der Waals surface area contributed by atoms with Crippen LogP contribution >= 0.6 is 15.9 Å². The number of esters is 1. The second kappa shape index (κ2) is 5.05. The molecule has 0 aromatic carbocycles. The molecule has 4 nitrogen and oxygen atoms in total. The molecule has 1 heterocycles. The van der Waals surface area contributed by atoms with Crippen molar-refractivity contribution in [2.75, 3.05) is 6.61 Å². The van der Waals surface area contributed by atoms with Crippen molar-refractivity contribution in [2.45, 2.75) is 19.8 Å². The van der Waals surface area contributed by atoms with Crippen molar-refractivity contribution in [2.24, 2.45) is 0 Å². The van der Waals surface area contributed by atoms with Crippen LogP contribution in [0.2, 0.25) is 0 Å². The third-order valence-electron chi connectivity index (χ3n) is 1.67. The van der Waals surface area contributed by atoms with Crippen LogP contribution in [0.1, 0.15) is 25.6 Å².